The van der Waals surface area contributed by atoms with Crippen molar-refractivity contribution < 1.29 is 28.4 Å². The molecule has 2 rings (SSSR count). The Morgan fingerprint density at radius 2 is 1.00 bits per heavy atom. The molecular weight excluding hydrogens is 464 g/mol. The summed E-state index contributed by atoms with van der Waals surface area (Å²) in [5.41, 5.74) is 8.05. The van der Waals surface area contributed by atoms with Crippen LogP contribution >= 0.6 is 0 Å². The first-order chi connectivity index (χ1) is 17.7. The van der Waals surface area contributed by atoms with Gasteiger partial charge in [-0.15, -0.1) is 0 Å². The molecule has 0 radical (unpaired) electrons. The molecule has 4 atom stereocenters. The molecule has 0 amide bonds. The Labute approximate surface area is 214 Å². The van der Waals surface area contributed by atoms with E-state index >= 15 is 0 Å². The zero-order chi connectivity index (χ0) is 25.8. The molecule has 6 N–H and O–H groups in total. The van der Waals surface area contributed by atoms with E-state index in [2.05, 4.69) is 10.9 Å². The Hall–Kier alpha value is -1.96. The highest BCUT2D eigenvalue weighted by Gasteiger charge is 2.36. The molecule has 0 aliphatic heterocycles. The van der Waals surface area contributed by atoms with Crippen molar-refractivity contribution in [1.82, 2.24) is 10.9 Å². The molecular formula is C26H42N4O6. The first-order valence-electron chi connectivity index (χ1n) is 12.1. The Morgan fingerprint density at radius 3 is 1.33 bits per heavy atom. The Bertz CT molecular complexity index is 708. The van der Waals surface area contributed by atoms with E-state index in [-0.39, 0.29) is 25.7 Å². The molecule has 0 aliphatic rings. The number of methoxy groups -OCH3 is 2. The second kappa shape index (κ2) is 19.2. The molecule has 4 unspecified atom stereocenters. The fraction of sp³-hybridized carbons (Fsp3) is 0.538. The van der Waals surface area contributed by atoms with E-state index in [4.69, 9.17) is 40.1 Å². The number of benzene rings is 2. The highest BCUT2D eigenvalue weighted by Crippen LogP contribution is 2.19. The Kier molecular flexibility index (Phi) is 16.1. The zero-order valence-electron chi connectivity index (χ0n) is 21.3. The Balaban J connectivity index is 2.26. The summed E-state index contributed by atoms with van der Waals surface area (Å²) in [5, 5.41) is 0. The third-order valence-electron chi connectivity index (χ3n) is 5.69. The van der Waals surface area contributed by atoms with Crippen molar-refractivity contribution in [1.29, 1.82) is 0 Å². The molecule has 0 saturated heterocycles. The van der Waals surface area contributed by atoms with Gasteiger partial charge in [-0.05, 0) is 24.0 Å². The smallest absolute Gasteiger partial charge is 0.147 e. The molecule has 2 aromatic carbocycles. The van der Waals surface area contributed by atoms with Gasteiger partial charge in [0.25, 0.3) is 0 Å². The minimum atomic E-state index is -0.534. The van der Waals surface area contributed by atoms with Crippen molar-refractivity contribution in [3.05, 3.63) is 71.8 Å². The first-order valence-corrected chi connectivity index (χ1v) is 12.1. The van der Waals surface area contributed by atoms with Crippen LogP contribution < -0.4 is 22.5 Å². The second-order valence-corrected chi connectivity index (χ2v) is 8.23. The standard InChI is InChI=1S/C26H42N4O6/c1-31-13-15-33-19-35-25(23(29-27)17-21-9-5-3-6-10-21)26(36-20-34-16-14-32-2)24(30-28)18-22-11-7-4-8-12-22/h3-12,23-26,29-30H,13-20,27-28H2,1-2H3. The van der Waals surface area contributed by atoms with Crippen molar-refractivity contribution in [3.63, 3.8) is 0 Å². The molecule has 10 heteroatoms. The van der Waals surface area contributed by atoms with Crippen molar-refractivity contribution in [2.75, 3.05) is 54.2 Å². The summed E-state index contributed by atoms with van der Waals surface area (Å²) in [6, 6.07) is 19.5. The van der Waals surface area contributed by atoms with E-state index in [0.29, 0.717) is 39.3 Å². The van der Waals surface area contributed by atoms with Gasteiger partial charge in [-0.25, -0.2) is 0 Å². The monoisotopic (exact) mass is 506 g/mol. The van der Waals surface area contributed by atoms with Crippen LogP contribution in [0.3, 0.4) is 0 Å². The first kappa shape index (κ1) is 30.3. The molecule has 0 bridgehead atoms. The summed E-state index contributed by atoms with van der Waals surface area (Å²) in [6.45, 7) is 1.80. The van der Waals surface area contributed by atoms with Gasteiger partial charge in [0.05, 0.1) is 38.5 Å². The van der Waals surface area contributed by atoms with Gasteiger partial charge in [0.15, 0.2) is 0 Å². The van der Waals surface area contributed by atoms with Crippen molar-refractivity contribution in [2.45, 2.75) is 37.1 Å². The van der Waals surface area contributed by atoms with E-state index in [1.165, 1.54) is 0 Å². The lowest BCUT2D eigenvalue weighted by atomic mass is 9.91. The maximum Gasteiger partial charge on any atom is 0.147 e. The summed E-state index contributed by atoms with van der Waals surface area (Å²) >= 11 is 0. The van der Waals surface area contributed by atoms with Crippen LogP contribution in [-0.4, -0.2) is 78.5 Å². The topological polar surface area (TPSA) is 131 Å². The highest BCUT2D eigenvalue weighted by molar-refractivity contribution is 5.18. The third-order valence-corrected chi connectivity index (χ3v) is 5.69. The average Bonchev–Trinajstić information content (AvgIpc) is 2.92. The van der Waals surface area contributed by atoms with Gasteiger partial charge in [-0.2, -0.15) is 0 Å². The predicted octanol–water partition coefficient (Wildman–Crippen LogP) is 1.15. The summed E-state index contributed by atoms with van der Waals surface area (Å²) in [4.78, 5) is 0. The molecule has 36 heavy (non-hydrogen) atoms. The molecule has 10 nitrogen and oxygen atoms in total. The Morgan fingerprint density at radius 1 is 0.611 bits per heavy atom. The van der Waals surface area contributed by atoms with Gasteiger partial charge in [0.2, 0.25) is 0 Å². The fourth-order valence-electron chi connectivity index (χ4n) is 3.81. The number of nitrogens with two attached hydrogens (primary N) is 2. The summed E-state index contributed by atoms with van der Waals surface area (Å²) < 4.78 is 33.9. The lowest BCUT2D eigenvalue weighted by molar-refractivity contribution is -0.186. The summed E-state index contributed by atoms with van der Waals surface area (Å²) in [7, 11) is 3.24. The predicted molar refractivity (Wildman–Crippen MR) is 138 cm³/mol. The summed E-state index contributed by atoms with van der Waals surface area (Å²) in [5.74, 6) is 12.1. The number of rotatable bonds is 21. The SMILES string of the molecule is COCCOCOC(C(Cc1ccccc1)NN)C(OCOCCOC)C(Cc1ccccc1)NN. The fourth-order valence-corrected chi connectivity index (χ4v) is 3.81. The van der Waals surface area contributed by atoms with Crippen LogP contribution in [-0.2, 0) is 41.3 Å². The van der Waals surface area contributed by atoms with Gasteiger partial charge in [-0.3, -0.25) is 22.5 Å². The largest absolute Gasteiger partial charge is 0.382 e. The normalized spacial score (nSPS) is 14.9. The van der Waals surface area contributed by atoms with Gasteiger partial charge >= 0.3 is 0 Å². The molecule has 0 spiro atoms. The average molecular weight is 507 g/mol. The van der Waals surface area contributed by atoms with Crippen LogP contribution in [0.1, 0.15) is 11.1 Å². The van der Waals surface area contributed by atoms with E-state index in [0.717, 1.165) is 11.1 Å². The van der Waals surface area contributed by atoms with Crippen LogP contribution in [0.5, 0.6) is 0 Å². The summed E-state index contributed by atoms with van der Waals surface area (Å²) in [6.07, 6.45) is 0.141. The van der Waals surface area contributed by atoms with Crippen LogP contribution in [0.4, 0.5) is 0 Å². The maximum absolute atomic E-state index is 6.25. The van der Waals surface area contributed by atoms with Crippen molar-refractivity contribution >= 4 is 0 Å². The van der Waals surface area contributed by atoms with Crippen LogP contribution in [0.25, 0.3) is 0 Å². The molecule has 0 saturated carbocycles. The van der Waals surface area contributed by atoms with E-state index < -0.39 is 12.2 Å². The second-order valence-electron chi connectivity index (χ2n) is 8.23. The van der Waals surface area contributed by atoms with Crippen molar-refractivity contribution in [3.8, 4) is 0 Å². The molecule has 0 fully saturated rings. The zero-order valence-corrected chi connectivity index (χ0v) is 21.3. The number of hydrazine groups is 2. The van der Waals surface area contributed by atoms with Crippen molar-refractivity contribution in [2.24, 2.45) is 11.7 Å². The highest BCUT2D eigenvalue weighted by atomic mass is 16.7. The van der Waals surface area contributed by atoms with Crippen LogP contribution in [0.2, 0.25) is 0 Å². The number of hydrogen-bond acceptors (Lipinski definition) is 10. The van der Waals surface area contributed by atoms with Gasteiger partial charge < -0.3 is 28.4 Å². The lowest BCUT2D eigenvalue weighted by Gasteiger charge is -2.37. The minimum Gasteiger partial charge on any atom is -0.382 e. The number of hydrogen-bond donors (Lipinski definition) is 4. The number of nitrogens with one attached hydrogen (secondary N) is 2. The van der Waals surface area contributed by atoms with Gasteiger partial charge in [0, 0.05) is 14.2 Å². The quantitative estimate of drug-likeness (QED) is 0.0846. The van der Waals surface area contributed by atoms with Crippen LogP contribution in [0, 0.1) is 0 Å². The molecule has 0 aromatic heterocycles. The molecule has 0 heterocycles. The maximum atomic E-state index is 6.25. The molecule has 0 aliphatic carbocycles. The van der Waals surface area contributed by atoms with E-state index in [1.807, 2.05) is 60.7 Å². The molecule has 202 valence electrons. The molecule has 2 aromatic rings. The third kappa shape index (κ3) is 11.4. The lowest BCUT2D eigenvalue weighted by Crippen LogP contribution is -2.60. The van der Waals surface area contributed by atoms with Gasteiger partial charge in [-0.1, -0.05) is 60.7 Å². The number of ether oxygens (including phenoxy) is 6. The minimum absolute atomic E-state index is 0.0357. The van der Waals surface area contributed by atoms with E-state index in [9.17, 15) is 0 Å². The van der Waals surface area contributed by atoms with Crippen LogP contribution in [0.15, 0.2) is 60.7 Å². The van der Waals surface area contributed by atoms with Gasteiger partial charge in [0.1, 0.15) is 25.8 Å². The van der Waals surface area contributed by atoms with E-state index in [1.54, 1.807) is 14.2 Å².